The van der Waals surface area contributed by atoms with Crippen molar-refractivity contribution < 1.29 is 4.39 Å². The molecule has 1 fully saturated rings. The van der Waals surface area contributed by atoms with Crippen molar-refractivity contribution in [3.63, 3.8) is 0 Å². The Balaban J connectivity index is 2.26. The van der Waals surface area contributed by atoms with E-state index in [0.717, 1.165) is 31.5 Å². The van der Waals surface area contributed by atoms with Crippen molar-refractivity contribution in [2.45, 2.75) is 32.4 Å². The van der Waals surface area contributed by atoms with Gasteiger partial charge in [0.25, 0.3) is 0 Å². The third kappa shape index (κ3) is 2.63. The molecule has 2 unspecified atom stereocenters. The zero-order valence-corrected chi connectivity index (χ0v) is 11.1. The first-order valence-electron chi connectivity index (χ1n) is 6.18. The molecule has 0 radical (unpaired) electrons. The smallest absolute Gasteiger partial charge is 0.137 e. The summed E-state index contributed by atoms with van der Waals surface area (Å²) in [5.74, 6) is 0.0371. The van der Waals surface area contributed by atoms with Gasteiger partial charge in [0.05, 0.1) is 0 Å². The van der Waals surface area contributed by atoms with Crippen LogP contribution in [0.25, 0.3) is 0 Å². The second-order valence-electron chi connectivity index (χ2n) is 5.08. The highest BCUT2D eigenvalue weighted by atomic mass is 35.5. The van der Waals surface area contributed by atoms with Crippen LogP contribution >= 0.6 is 11.6 Å². The van der Waals surface area contributed by atoms with E-state index in [1.54, 1.807) is 13.0 Å². The molecule has 17 heavy (non-hydrogen) atoms. The highest BCUT2D eigenvalue weighted by molar-refractivity contribution is 6.31. The lowest BCUT2D eigenvalue weighted by Gasteiger charge is -2.34. The summed E-state index contributed by atoms with van der Waals surface area (Å²) < 4.78 is 14.9. The van der Waals surface area contributed by atoms with E-state index in [0.29, 0.717) is 10.6 Å². The maximum atomic E-state index is 14.9. The first-order chi connectivity index (χ1) is 8.01. The number of nitrogens with one attached hydrogen (secondary N) is 1. The molecule has 2 rings (SSSR count). The predicted molar refractivity (Wildman–Crippen MR) is 70.2 cm³/mol. The molecule has 3 heteroatoms. The van der Waals surface area contributed by atoms with Gasteiger partial charge in [0, 0.05) is 17.5 Å². The Bertz CT molecular complexity index is 397. The Kier molecular flexibility index (Phi) is 3.74. The molecule has 1 aromatic carbocycles. The Morgan fingerprint density at radius 3 is 2.82 bits per heavy atom. The molecule has 1 aliphatic heterocycles. The minimum Gasteiger partial charge on any atom is -0.316 e. The molecule has 1 aromatic rings. The second kappa shape index (κ2) is 4.95. The van der Waals surface area contributed by atoms with E-state index in [1.165, 1.54) is 0 Å². The van der Waals surface area contributed by atoms with Crippen molar-refractivity contribution in [3.8, 4) is 0 Å². The van der Waals surface area contributed by atoms with Crippen LogP contribution in [0, 0.1) is 12.8 Å². The third-order valence-corrected chi connectivity index (χ3v) is 4.21. The molecule has 0 aromatic heterocycles. The van der Waals surface area contributed by atoms with Gasteiger partial charge in [0.2, 0.25) is 0 Å². The van der Waals surface area contributed by atoms with Crippen LogP contribution in [0.1, 0.15) is 30.9 Å². The Labute approximate surface area is 107 Å². The van der Waals surface area contributed by atoms with E-state index in [2.05, 4.69) is 5.32 Å². The molecule has 1 nitrogen and oxygen atoms in total. The van der Waals surface area contributed by atoms with Crippen LogP contribution in [-0.2, 0) is 5.67 Å². The fraction of sp³-hybridized carbons (Fsp3) is 0.571. The number of halogens is 2. The Morgan fingerprint density at radius 2 is 2.24 bits per heavy atom. The summed E-state index contributed by atoms with van der Waals surface area (Å²) in [6.45, 7) is 5.36. The van der Waals surface area contributed by atoms with Crippen LogP contribution in [0.5, 0.6) is 0 Å². The largest absolute Gasteiger partial charge is 0.316 e. The topological polar surface area (TPSA) is 12.0 Å². The quantitative estimate of drug-likeness (QED) is 0.847. The molecule has 0 saturated carbocycles. The number of benzene rings is 1. The van der Waals surface area contributed by atoms with Gasteiger partial charge < -0.3 is 5.32 Å². The average molecular weight is 256 g/mol. The summed E-state index contributed by atoms with van der Waals surface area (Å²) >= 11 is 6.08. The third-order valence-electron chi connectivity index (χ3n) is 3.80. The van der Waals surface area contributed by atoms with Gasteiger partial charge in [-0.15, -0.1) is 0 Å². The van der Waals surface area contributed by atoms with Crippen molar-refractivity contribution in [1.29, 1.82) is 0 Å². The lowest BCUT2D eigenvalue weighted by atomic mass is 9.80. The van der Waals surface area contributed by atoms with Gasteiger partial charge in [-0.05, 0) is 50.4 Å². The molecule has 0 aliphatic carbocycles. The molecule has 0 amide bonds. The molecule has 1 N–H and O–H groups in total. The zero-order valence-electron chi connectivity index (χ0n) is 10.4. The molecular formula is C14H19ClFN. The maximum Gasteiger partial charge on any atom is 0.137 e. The molecule has 1 saturated heterocycles. The summed E-state index contributed by atoms with van der Waals surface area (Å²) in [5.41, 5.74) is 0.389. The number of alkyl halides is 1. The summed E-state index contributed by atoms with van der Waals surface area (Å²) in [4.78, 5) is 0. The molecule has 0 spiro atoms. The zero-order chi connectivity index (χ0) is 12.5. The number of hydrogen-bond acceptors (Lipinski definition) is 1. The molecule has 0 bridgehead atoms. The number of piperidine rings is 1. The van der Waals surface area contributed by atoms with Crippen molar-refractivity contribution in [2.24, 2.45) is 5.92 Å². The Morgan fingerprint density at radius 1 is 1.47 bits per heavy atom. The minimum absolute atomic E-state index is 0.0371. The number of rotatable bonds is 2. The number of hydrogen-bond donors (Lipinski definition) is 1. The van der Waals surface area contributed by atoms with Crippen LogP contribution < -0.4 is 5.32 Å². The monoisotopic (exact) mass is 255 g/mol. The molecule has 1 aliphatic rings. The number of aryl methyl sites for hydroxylation is 1. The lowest BCUT2D eigenvalue weighted by molar-refractivity contribution is 0.0812. The SMILES string of the molecule is Cc1ccc(C(C)(F)C2CCCNC2)cc1Cl. The van der Waals surface area contributed by atoms with E-state index >= 15 is 0 Å². The van der Waals surface area contributed by atoms with E-state index in [1.807, 2.05) is 19.1 Å². The molecule has 2 atom stereocenters. The Hall–Kier alpha value is -0.600. The van der Waals surface area contributed by atoms with E-state index in [-0.39, 0.29) is 5.92 Å². The van der Waals surface area contributed by atoms with Gasteiger partial charge in [0.15, 0.2) is 0 Å². The van der Waals surface area contributed by atoms with Crippen LogP contribution in [-0.4, -0.2) is 13.1 Å². The van der Waals surface area contributed by atoms with Gasteiger partial charge in [-0.3, -0.25) is 0 Å². The van der Waals surface area contributed by atoms with Gasteiger partial charge in [-0.2, -0.15) is 0 Å². The summed E-state index contributed by atoms with van der Waals surface area (Å²) in [6, 6.07) is 5.52. The van der Waals surface area contributed by atoms with Gasteiger partial charge in [0.1, 0.15) is 5.67 Å². The summed E-state index contributed by atoms with van der Waals surface area (Å²) in [7, 11) is 0. The highest BCUT2D eigenvalue weighted by Crippen LogP contribution is 2.38. The fourth-order valence-corrected chi connectivity index (χ4v) is 2.63. The lowest BCUT2D eigenvalue weighted by Crippen LogP contribution is -2.40. The predicted octanol–water partition coefficient (Wildman–Crippen LogP) is 3.83. The van der Waals surface area contributed by atoms with E-state index < -0.39 is 5.67 Å². The first-order valence-corrected chi connectivity index (χ1v) is 6.56. The van der Waals surface area contributed by atoms with Crippen LogP contribution in [0.2, 0.25) is 5.02 Å². The molecule has 1 heterocycles. The molecular weight excluding hydrogens is 237 g/mol. The minimum atomic E-state index is -1.30. The summed E-state index contributed by atoms with van der Waals surface area (Å²) in [5, 5.41) is 3.91. The second-order valence-corrected chi connectivity index (χ2v) is 5.49. The van der Waals surface area contributed by atoms with Crippen LogP contribution in [0.15, 0.2) is 18.2 Å². The first kappa shape index (κ1) is 12.8. The van der Waals surface area contributed by atoms with Crippen molar-refractivity contribution in [3.05, 3.63) is 34.3 Å². The highest BCUT2D eigenvalue weighted by Gasteiger charge is 2.36. The van der Waals surface area contributed by atoms with Crippen LogP contribution in [0.4, 0.5) is 4.39 Å². The average Bonchev–Trinajstić information content (AvgIpc) is 2.33. The fourth-order valence-electron chi connectivity index (χ4n) is 2.45. The van der Waals surface area contributed by atoms with Crippen molar-refractivity contribution in [2.75, 3.05) is 13.1 Å². The van der Waals surface area contributed by atoms with Crippen molar-refractivity contribution >= 4 is 11.6 Å². The maximum absolute atomic E-state index is 14.9. The normalized spacial score (nSPS) is 24.4. The standard InChI is InChI=1S/C14H19ClFN/c1-10-5-6-11(8-13(10)15)14(2,16)12-4-3-7-17-9-12/h5-6,8,12,17H,3-4,7,9H2,1-2H3. The van der Waals surface area contributed by atoms with Gasteiger partial charge in [-0.25, -0.2) is 4.39 Å². The van der Waals surface area contributed by atoms with E-state index in [9.17, 15) is 4.39 Å². The van der Waals surface area contributed by atoms with E-state index in [4.69, 9.17) is 11.6 Å². The molecule has 94 valence electrons. The van der Waals surface area contributed by atoms with Gasteiger partial charge >= 0.3 is 0 Å². The van der Waals surface area contributed by atoms with Crippen molar-refractivity contribution in [1.82, 2.24) is 5.32 Å². The summed E-state index contributed by atoms with van der Waals surface area (Å²) in [6.07, 6.45) is 1.98. The van der Waals surface area contributed by atoms with Crippen LogP contribution in [0.3, 0.4) is 0 Å². The van der Waals surface area contributed by atoms with Gasteiger partial charge in [-0.1, -0.05) is 23.7 Å².